The topological polar surface area (TPSA) is 63.6 Å². The number of carbonyl (C=O) groups excluding carboxylic acids is 1. The second-order valence-corrected chi connectivity index (χ2v) is 5.77. The number of esters is 1. The highest BCUT2D eigenvalue weighted by Crippen LogP contribution is 2.35. The van der Waals surface area contributed by atoms with Crippen molar-refractivity contribution in [2.45, 2.75) is 12.0 Å². The second-order valence-electron chi connectivity index (χ2n) is 4.60. The molecule has 0 saturated carbocycles. The zero-order chi connectivity index (χ0) is 17.0. The van der Waals surface area contributed by atoms with Gasteiger partial charge in [0.2, 0.25) is 6.10 Å². The molecule has 0 heterocycles. The maximum absolute atomic E-state index is 14.0. The van der Waals surface area contributed by atoms with Gasteiger partial charge < -0.3 is 9.84 Å². The molecule has 0 radical (unpaired) electrons. The van der Waals surface area contributed by atoms with E-state index in [0.717, 1.165) is 0 Å². The summed E-state index contributed by atoms with van der Waals surface area (Å²) in [5.74, 6) is -7.62. The first kappa shape index (κ1) is 17.3. The van der Waals surface area contributed by atoms with Crippen molar-refractivity contribution in [3.8, 4) is 0 Å². The Kier molecular flexibility index (Phi) is 5.30. The van der Waals surface area contributed by atoms with Gasteiger partial charge in [-0.3, -0.25) is 0 Å². The Hall–Kier alpha value is -2.03. The van der Waals surface area contributed by atoms with Crippen LogP contribution in [0.15, 0.2) is 54.6 Å². The van der Waals surface area contributed by atoms with Crippen molar-refractivity contribution in [2.24, 2.45) is 0 Å². The highest BCUT2D eigenvalue weighted by Gasteiger charge is 2.51. The number of halogens is 3. The van der Waals surface area contributed by atoms with Gasteiger partial charge in [0.25, 0.3) is 0 Å². The van der Waals surface area contributed by atoms with Crippen LogP contribution in [-0.4, -0.2) is 23.0 Å². The zero-order valence-corrected chi connectivity index (χ0v) is 13.7. The van der Waals surface area contributed by atoms with E-state index >= 15 is 0 Å². The number of aliphatic carboxylic acids is 1. The predicted octanol–water partition coefficient (Wildman–Crippen LogP) is 3.91. The highest BCUT2D eigenvalue weighted by molar-refractivity contribution is 14.1. The molecule has 1 atom stereocenters. The maximum atomic E-state index is 14.0. The van der Waals surface area contributed by atoms with E-state index < -0.39 is 24.0 Å². The molecule has 1 N–H and O–H groups in total. The maximum Gasteiger partial charge on any atom is 0.382 e. The summed E-state index contributed by atoms with van der Waals surface area (Å²) < 4.78 is 33.4. The van der Waals surface area contributed by atoms with Gasteiger partial charge in [-0.15, -0.1) is 0 Å². The van der Waals surface area contributed by atoms with E-state index in [-0.39, 0.29) is 11.1 Å². The first-order chi connectivity index (χ1) is 10.8. The van der Waals surface area contributed by atoms with Crippen LogP contribution in [-0.2, 0) is 9.53 Å². The number of benzene rings is 2. The van der Waals surface area contributed by atoms with Crippen molar-refractivity contribution >= 4 is 34.5 Å². The summed E-state index contributed by atoms with van der Waals surface area (Å²) in [7, 11) is 0. The molecule has 0 aliphatic heterocycles. The Morgan fingerprint density at radius 1 is 1.04 bits per heavy atom. The van der Waals surface area contributed by atoms with Crippen molar-refractivity contribution in [2.75, 3.05) is 0 Å². The van der Waals surface area contributed by atoms with Crippen LogP contribution in [0.2, 0.25) is 0 Å². The van der Waals surface area contributed by atoms with E-state index in [1.807, 2.05) is 22.6 Å². The molecular formula is C16H11F2IO4. The average molecular weight is 432 g/mol. The Morgan fingerprint density at radius 3 is 2.17 bits per heavy atom. The zero-order valence-electron chi connectivity index (χ0n) is 11.6. The lowest BCUT2D eigenvalue weighted by atomic mass is 10.0. The van der Waals surface area contributed by atoms with E-state index in [2.05, 4.69) is 0 Å². The third-order valence-corrected chi connectivity index (χ3v) is 3.98. The fourth-order valence-corrected chi connectivity index (χ4v) is 2.50. The van der Waals surface area contributed by atoms with E-state index in [1.165, 1.54) is 30.3 Å². The predicted molar refractivity (Wildman–Crippen MR) is 86.3 cm³/mol. The third kappa shape index (κ3) is 3.84. The number of rotatable bonds is 5. The molecule has 0 bridgehead atoms. The number of ether oxygens (including phenoxy) is 1. The third-order valence-electron chi connectivity index (χ3n) is 3.04. The molecule has 0 amide bonds. The molecule has 0 saturated heterocycles. The number of alkyl halides is 2. The summed E-state index contributed by atoms with van der Waals surface area (Å²) in [5.41, 5.74) is -0.00518. The average Bonchev–Trinajstić information content (AvgIpc) is 2.53. The molecule has 0 aliphatic carbocycles. The molecular weight excluding hydrogens is 421 g/mol. The van der Waals surface area contributed by atoms with Crippen LogP contribution in [0, 0.1) is 3.57 Å². The van der Waals surface area contributed by atoms with Crippen molar-refractivity contribution in [1.29, 1.82) is 0 Å². The minimum Gasteiger partial charge on any atom is -0.477 e. The normalized spacial score (nSPS) is 12.5. The molecule has 2 aromatic rings. The van der Waals surface area contributed by atoms with Gasteiger partial charge in [-0.1, -0.05) is 42.5 Å². The van der Waals surface area contributed by atoms with Crippen molar-refractivity contribution in [3.63, 3.8) is 0 Å². The molecule has 2 aromatic carbocycles. The molecule has 120 valence electrons. The van der Waals surface area contributed by atoms with Gasteiger partial charge in [-0.05, 0) is 40.3 Å². The largest absolute Gasteiger partial charge is 0.477 e. The SMILES string of the molecule is O=C(OC(c1ccccc1)C(F)(F)C(=O)O)c1ccccc1I. The fraction of sp³-hybridized carbons (Fsp3) is 0.125. The lowest BCUT2D eigenvalue weighted by molar-refractivity contribution is -0.183. The van der Waals surface area contributed by atoms with Gasteiger partial charge >= 0.3 is 17.9 Å². The van der Waals surface area contributed by atoms with Crippen LogP contribution >= 0.6 is 22.6 Å². The van der Waals surface area contributed by atoms with E-state index in [4.69, 9.17) is 9.84 Å². The van der Waals surface area contributed by atoms with Crippen molar-refractivity contribution in [1.82, 2.24) is 0 Å². The number of carbonyl (C=O) groups is 2. The minimum atomic E-state index is -4.25. The summed E-state index contributed by atoms with van der Waals surface area (Å²) in [6.07, 6.45) is -2.22. The lowest BCUT2D eigenvalue weighted by Crippen LogP contribution is -2.38. The van der Waals surface area contributed by atoms with Gasteiger partial charge in [0.05, 0.1) is 5.56 Å². The fourth-order valence-electron chi connectivity index (χ4n) is 1.89. The Morgan fingerprint density at radius 2 is 1.61 bits per heavy atom. The van der Waals surface area contributed by atoms with Crippen molar-refractivity contribution < 1.29 is 28.2 Å². The summed E-state index contributed by atoms with van der Waals surface area (Å²) in [4.78, 5) is 23.0. The number of hydrogen-bond acceptors (Lipinski definition) is 3. The van der Waals surface area contributed by atoms with Gasteiger partial charge in [0.1, 0.15) is 0 Å². The first-order valence-corrected chi connectivity index (χ1v) is 7.53. The quantitative estimate of drug-likeness (QED) is 0.575. The molecule has 23 heavy (non-hydrogen) atoms. The summed E-state index contributed by atoms with van der Waals surface area (Å²) in [6.45, 7) is 0. The second kappa shape index (κ2) is 7.03. The molecule has 1 unspecified atom stereocenters. The van der Waals surface area contributed by atoms with Gasteiger partial charge in [0, 0.05) is 3.57 Å². The highest BCUT2D eigenvalue weighted by atomic mass is 127. The van der Waals surface area contributed by atoms with Crippen LogP contribution in [0.5, 0.6) is 0 Å². The lowest BCUT2D eigenvalue weighted by Gasteiger charge is -2.24. The first-order valence-electron chi connectivity index (χ1n) is 6.45. The molecule has 2 rings (SSSR count). The Balaban J connectivity index is 2.38. The summed E-state index contributed by atoms with van der Waals surface area (Å²) in [5, 5.41) is 8.77. The van der Waals surface area contributed by atoms with Crippen LogP contribution in [0.4, 0.5) is 8.78 Å². The van der Waals surface area contributed by atoms with Crippen LogP contribution in [0.3, 0.4) is 0 Å². The van der Waals surface area contributed by atoms with Crippen molar-refractivity contribution in [3.05, 3.63) is 69.3 Å². The number of carboxylic acids is 1. The van der Waals surface area contributed by atoms with E-state index in [1.54, 1.807) is 24.3 Å². The van der Waals surface area contributed by atoms with Crippen LogP contribution < -0.4 is 0 Å². The number of carboxylic acid groups (broad SMARTS) is 1. The van der Waals surface area contributed by atoms with Gasteiger partial charge in [-0.25, -0.2) is 9.59 Å². The van der Waals surface area contributed by atoms with Crippen LogP contribution in [0.25, 0.3) is 0 Å². The molecule has 4 nitrogen and oxygen atoms in total. The summed E-state index contributed by atoms with van der Waals surface area (Å²) in [6, 6.07) is 13.3. The smallest absolute Gasteiger partial charge is 0.382 e. The molecule has 0 fully saturated rings. The molecule has 0 aromatic heterocycles. The summed E-state index contributed by atoms with van der Waals surface area (Å²) >= 11 is 1.87. The van der Waals surface area contributed by atoms with Crippen LogP contribution in [0.1, 0.15) is 22.0 Å². The molecule has 7 heteroatoms. The minimum absolute atomic E-state index is 0.0928. The Bertz CT molecular complexity index is 719. The standard InChI is InChI=1S/C16H11F2IO4/c17-16(18,15(21)22)13(10-6-2-1-3-7-10)23-14(20)11-8-4-5-9-12(11)19/h1-9,13H,(H,21,22). The van der Waals surface area contributed by atoms with E-state index in [0.29, 0.717) is 3.57 Å². The molecule has 0 spiro atoms. The van der Waals surface area contributed by atoms with Gasteiger partial charge in [0.15, 0.2) is 0 Å². The van der Waals surface area contributed by atoms with E-state index in [9.17, 15) is 18.4 Å². The molecule has 0 aliphatic rings. The van der Waals surface area contributed by atoms with Gasteiger partial charge in [-0.2, -0.15) is 8.78 Å². The number of hydrogen-bond donors (Lipinski definition) is 1. The monoisotopic (exact) mass is 432 g/mol. The Labute approximate surface area is 144 Å².